The van der Waals surface area contributed by atoms with Crippen LogP contribution in [0.5, 0.6) is 5.75 Å². The van der Waals surface area contributed by atoms with Gasteiger partial charge in [0.25, 0.3) is 0 Å². The van der Waals surface area contributed by atoms with Crippen LogP contribution in [0.4, 0.5) is 0 Å². The number of hydrogen-bond donors (Lipinski definition) is 1. The quantitative estimate of drug-likeness (QED) is 0.913. The van der Waals surface area contributed by atoms with Crippen molar-refractivity contribution in [2.24, 2.45) is 5.73 Å². The third-order valence-electron chi connectivity index (χ3n) is 3.79. The lowest BCUT2D eigenvalue weighted by Crippen LogP contribution is -2.19. The van der Waals surface area contributed by atoms with Crippen molar-refractivity contribution in [2.45, 2.75) is 31.8 Å². The molecule has 1 unspecified atom stereocenters. The molecule has 0 radical (unpaired) electrons. The molecule has 1 heterocycles. The van der Waals surface area contributed by atoms with Crippen molar-refractivity contribution in [3.8, 4) is 5.75 Å². The van der Waals surface area contributed by atoms with Crippen molar-refractivity contribution in [2.75, 3.05) is 6.61 Å². The van der Waals surface area contributed by atoms with Gasteiger partial charge in [-0.2, -0.15) is 0 Å². The zero-order valence-electron chi connectivity index (χ0n) is 11.1. The van der Waals surface area contributed by atoms with Gasteiger partial charge in [-0.25, -0.2) is 0 Å². The van der Waals surface area contributed by atoms with Crippen molar-refractivity contribution in [3.05, 3.63) is 53.9 Å². The van der Waals surface area contributed by atoms with E-state index in [1.54, 1.807) is 0 Å². The van der Waals surface area contributed by atoms with Gasteiger partial charge in [-0.1, -0.05) is 18.2 Å². The lowest BCUT2D eigenvalue weighted by molar-refractivity contribution is 0.296. The standard InChI is InChI=1S/C16H20N2O/c17-15-7-4-8-16-14(15)9-10-18(16)11-12-19-13-5-2-1-3-6-13/h1-3,5-6,9-10,15H,4,7-8,11-12,17H2. The van der Waals surface area contributed by atoms with Gasteiger partial charge in [0, 0.05) is 17.9 Å². The SMILES string of the molecule is NC1CCCc2c1ccn2CCOc1ccccc1. The number of hydrogen-bond acceptors (Lipinski definition) is 2. The zero-order valence-corrected chi connectivity index (χ0v) is 11.1. The second-order valence-electron chi connectivity index (χ2n) is 5.07. The van der Waals surface area contributed by atoms with Crippen LogP contribution in [0, 0.1) is 0 Å². The minimum Gasteiger partial charge on any atom is -0.492 e. The molecule has 19 heavy (non-hydrogen) atoms. The van der Waals surface area contributed by atoms with Gasteiger partial charge in [-0.15, -0.1) is 0 Å². The minimum absolute atomic E-state index is 0.222. The molecule has 0 saturated heterocycles. The molecule has 1 atom stereocenters. The van der Waals surface area contributed by atoms with Crippen LogP contribution in [0.25, 0.3) is 0 Å². The van der Waals surface area contributed by atoms with Crippen LogP contribution < -0.4 is 10.5 Å². The Morgan fingerprint density at radius 3 is 2.89 bits per heavy atom. The summed E-state index contributed by atoms with van der Waals surface area (Å²) in [5.41, 5.74) is 8.86. The predicted octanol–water partition coefficient (Wildman–Crippen LogP) is 2.90. The molecule has 1 aliphatic carbocycles. The van der Waals surface area contributed by atoms with Gasteiger partial charge in [0.1, 0.15) is 12.4 Å². The number of nitrogens with two attached hydrogens (primary N) is 1. The van der Waals surface area contributed by atoms with Gasteiger partial charge in [0.05, 0.1) is 6.54 Å². The summed E-state index contributed by atoms with van der Waals surface area (Å²) < 4.78 is 8.03. The number of ether oxygens (including phenoxy) is 1. The van der Waals surface area contributed by atoms with Crippen LogP contribution in [0.15, 0.2) is 42.6 Å². The third kappa shape index (κ3) is 2.66. The topological polar surface area (TPSA) is 40.2 Å². The monoisotopic (exact) mass is 256 g/mol. The molecule has 0 spiro atoms. The molecule has 2 aromatic rings. The Kier molecular flexibility index (Phi) is 3.56. The molecular formula is C16H20N2O. The summed E-state index contributed by atoms with van der Waals surface area (Å²) in [6.45, 7) is 1.58. The summed E-state index contributed by atoms with van der Waals surface area (Å²) >= 11 is 0. The van der Waals surface area contributed by atoms with Gasteiger partial charge in [-0.3, -0.25) is 0 Å². The Bertz CT molecular complexity index is 533. The summed E-state index contributed by atoms with van der Waals surface area (Å²) in [6.07, 6.45) is 5.58. The summed E-state index contributed by atoms with van der Waals surface area (Å²) in [5, 5.41) is 0. The molecule has 3 rings (SSSR count). The molecule has 0 saturated carbocycles. The van der Waals surface area contributed by atoms with E-state index in [1.807, 2.05) is 30.3 Å². The summed E-state index contributed by atoms with van der Waals surface area (Å²) in [4.78, 5) is 0. The molecule has 0 fully saturated rings. The molecule has 1 aromatic heterocycles. The van der Waals surface area contributed by atoms with Crippen molar-refractivity contribution in [1.82, 2.24) is 4.57 Å². The molecule has 0 aliphatic heterocycles. The van der Waals surface area contributed by atoms with E-state index in [2.05, 4.69) is 16.8 Å². The number of rotatable bonds is 4. The number of nitrogens with zero attached hydrogens (tertiary/aromatic N) is 1. The average molecular weight is 256 g/mol. The molecule has 0 amide bonds. The Hall–Kier alpha value is -1.74. The Morgan fingerprint density at radius 1 is 1.21 bits per heavy atom. The van der Waals surface area contributed by atoms with Gasteiger partial charge in [-0.05, 0) is 43.0 Å². The van der Waals surface area contributed by atoms with E-state index < -0.39 is 0 Å². The largest absolute Gasteiger partial charge is 0.492 e. The van der Waals surface area contributed by atoms with E-state index in [0.717, 1.165) is 25.1 Å². The number of para-hydroxylation sites is 1. The molecule has 3 heteroatoms. The zero-order chi connectivity index (χ0) is 13.1. The predicted molar refractivity (Wildman–Crippen MR) is 76.2 cm³/mol. The van der Waals surface area contributed by atoms with E-state index in [0.29, 0.717) is 6.61 Å². The Balaban J connectivity index is 1.62. The Labute approximate surface area is 114 Å². The van der Waals surface area contributed by atoms with Crippen LogP contribution in [0.1, 0.15) is 30.1 Å². The van der Waals surface area contributed by atoms with Crippen LogP contribution in [0.3, 0.4) is 0 Å². The van der Waals surface area contributed by atoms with Gasteiger partial charge in [0.15, 0.2) is 0 Å². The first-order valence-electron chi connectivity index (χ1n) is 6.96. The lowest BCUT2D eigenvalue weighted by Gasteiger charge is -2.21. The maximum atomic E-state index is 6.13. The molecule has 3 nitrogen and oxygen atoms in total. The van der Waals surface area contributed by atoms with Gasteiger partial charge < -0.3 is 15.0 Å². The van der Waals surface area contributed by atoms with E-state index in [9.17, 15) is 0 Å². The summed E-state index contributed by atoms with van der Waals surface area (Å²) in [5.74, 6) is 0.931. The first kappa shape index (κ1) is 12.3. The van der Waals surface area contributed by atoms with Crippen LogP contribution in [-0.4, -0.2) is 11.2 Å². The molecule has 1 aliphatic rings. The maximum absolute atomic E-state index is 6.13. The fraction of sp³-hybridized carbons (Fsp3) is 0.375. The first-order chi connectivity index (χ1) is 9.34. The number of fused-ring (bicyclic) bond motifs is 1. The van der Waals surface area contributed by atoms with Gasteiger partial charge >= 0.3 is 0 Å². The van der Waals surface area contributed by atoms with E-state index >= 15 is 0 Å². The highest BCUT2D eigenvalue weighted by molar-refractivity contribution is 5.28. The fourth-order valence-electron chi connectivity index (χ4n) is 2.78. The highest BCUT2D eigenvalue weighted by Gasteiger charge is 2.19. The second kappa shape index (κ2) is 5.49. The Morgan fingerprint density at radius 2 is 2.05 bits per heavy atom. The van der Waals surface area contributed by atoms with E-state index in [-0.39, 0.29) is 6.04 Å². The van der Waals surface area contributed by atoms with Crippen LogP contribution in [-0.2, 0) is 13.0 Å². The fourth-order valence-corrected chi connectivity index (χ4v) is 2.78. The first-order valence-corrected chi connectivity index (χ1v) is 6.96. The highest BCUT2D eigenvalue weighted by Crippen LogP contribution is 2.28. The van der Waals surface area contributed by atoms with Crippen molar-refractivity contribution in [1.29, 1.82) is 0 Å². The highest BCUT2D eigenvalue weighted by atomic mass is 16.5. The van der Waals surface area contributed by atoms with E-state index in [4.69, 9.17) is 10.5 Å². The van der Waals surface area contributed by atoms with Crippen LogP contribution >= 0.6 is 0 Å². The van der Waals surface area contributed by atoms with Crippen molar-refractivity contribution >= 4 is 0 Å². The third-order valence-corrected chi connectivity index (χ3v) is 3.79. The van der Waals surface area contributed by atoms with Crippen molar-refractivity contribution < 1.29 is 4.74 Å². The molecular weight excluding hydrogens is 236 g/mol. The van der Waals surface area contributed by atoms with Crippen LogP contribution in [0.2, 0.25) is 0 Å². The normalized spacial score (nSPS) is 18.1. The summed E-state index contributed by atoms with van der Waals surface area (Å²) in [7, 11) is 0. The minimum atomic E-state index is 0.222. The van der Waals surface area contributed by atoms with E-state index in [1.165, 1.54) is 17.7 Å². The second-order valence-corrected chi connectivity index (χ2v) is 5.07. The number of benzene rings is 1. The van der Waals surface area contributed by atoms with Gasteiger partial charge in [0.2, 0.25) is 0 Å². The average Bonchev–Trinajstić information content (AvgIpc) is 2.85. The lowest BCUT2D eigenvalue weighted by atomic mass is 9.94. The number of aromatic nitrogens is 1. The smallest absolute Gasteiger partial charge is 0.119 e. The molecule has 0 bridgehead atoms. The molecule has 100 valence electrons. The molecule has 1 aromatic carbocycles. The molecule has 2 N–H and O–H groups in total. The summed E-state index contributed by atoms with van der Waals surface area (Å²) in [6, 6.07) is 12.3. The van der Waals surface area contributed by atoms with Crippen molar-refractivity contribution in [3.63, 3.8) is 0 Å². The maximum Gasteiger partial charge on any atom is 0.119 e.